The first-order valence-electron chi connectivity index (χ1n) is 15.8. The van der Waals surface area contributed by atoms with Gasteiger partial charge >= 0.3 is 5.97 Å². The number of aryl methyl sites for hydroxylation is 1. The molecule has 0 saturated heterocycles. The number of aliphatic imine (C=N–C) groups is 1. The highest BCUT2D eigenvalue weighted by Gasteiger charge is 2.32. The number of fused-ring (bicyclic) bond motifs is 2. The summed E-state index contributed by atoms with van der Waals surface area (Å²) < 4.78 is 0. The molecule has 1 aliphatic carbocycles. The van der Waals surface area contributed by atoms with E-state index in [1.165, 1.54) is 60.1 Å². The number of nitrogens with one attached hydrogen (secondary N) is 2. The van der Waals surface area contributed by atoms with Gasteiger partial charge in [0.15, 0.2) is 5.96 Å². The van der Waals surface area contributed by atoms with E-state index in [0.717, 1.165) is 49.8 Å². The minimum Gasteiger partial charge on any atom is -0.478 e. The predicted molar refractivity (Wildman–Crippen MR) is 175 cm³/mol. The van der Waals surface area contributed by atoms with Crippen molar-refractivity contribution in [3.05, 3.63) is 77.0 Å². The molecule has 0 aliphatic heterocycles. The van der Waals surface area contributed by atoms with E-state index in [2.05, 4.69) is 46.5 Å². The molecule has 0 radical (unpaired) electrons. The van der Waals surface area contributed by atoms with Crippen LogP contribution in [0.15, 0.2) is 65.3 Å². The van der Waals surface area contributed by atoms with Gasteiger partial charge in [-0.1, -0.05) is 75.8 Å². The third kappa shape index (κ3) is 9.21. The Labute approximate surface area is 255 Å². The highest BCUT2D eigenvalue weighted by molar-refractivity contribution is 5.86. The fourth-order valence-electron chi connectivity index (χ4n) is 6.62. The number of guanidine groups is 1. The summed E-state index contributed by atoms with van der Waals surface area (Å²) in [6.07, 6.45) is 15.7. The summed E-state index contributed by atoms with van der Waals surface area (Å²) in [7, 11) is 0. The van der Waals surface area contributed by atoms with Crippen molar-refractivity contribution in [1.82, 2.24) is 4.98 Å². The van der Waals surface area contributed by atoms with E-state index in [4.69, 9.17) is 11.5 Å². The lowest BCUT2D eigenvalue weighted by molar-refractivity contribution is -0.131. The molecule has 8 heteroatoms. The second-order valence-electron chi connectivity index (χ2n) is 11.9. The van der Waals surface area contributed by atoms with Gasteiger partial charge in [-0.25, -0.2) is 9.79 Å². The molecule has 2 aromatic carbocycles. The third-order valence-electron chi connectivity index (χ3n) is 8.77. The molecule has 0 bridgehead atoms. The Morgan fingerprint density at radius 1 is 1.12 bits per heavy atom. The summed E-state index contributed by atoms with van der Waals surface area (Å²) in [6.45, 7) is 2.36. The van der Waals surface area contributed by atoms with E-state index in [-0.39, 0.29) is 18.5 Å². The van der Waals surface area contributed by atoms with Crippen molar-refractivity contribution >= 4 is 34.8 Å². The average molecular weight is 586 g/mol. The number of aliphatic carboxylic acids is 1. The zero-order valence-electron chi connectivity index (χ0n) is 25.4. The van der Waals surface area contributed by atoms with Crippen LogP contribution < -0.4 is 16.8 Å². The Morgan fingerprint density at radius 3 is 2.65 bits per heavy atom. The molecule has 7 N–H and O–H groups in total. The quantitative estimate of drug-likeness (QED) is 0.0404. The van der Waals surface area contributed by atoms with Gasteiger partial charge in [0.1, 0.15) is 12.1 Å². The number of carboxylic acid groups (broad SMARTS) is 1. The van der Waals surface area contributed by atoms with Crippen LogP contribution in [0.25, 0.3) is 10.8 Å². The van der Waals surface area contributed by atoms with E-state index in [1.54, 1.807) is 0 Å². The normalized spacial score (nSPS) is 17.3. The fraction of sp³-hybridized carbons (Fsp3) is 0.457. The fourth-order valence-corrected chi connectivity index (χ4v) is 6.62. The van der Waals surface area contributed by atoms with Gasteiger partial charge in [0.2, 0.25) is 0 Å². The molecule has 0 amide bonds. The van der Waals surface area contributed by atoms with Gasteiger partial charge in [-0.15, -0.1) is 0 Å². The van der Waals surface area contributed by atoms with E-state index < -0.39 is 5.97 Å². The highest BCUT2D eigenvalue weighted by atomic mass is 16.4. The SMILES string of the molecule is CCCCCCCC[C@@H]1c2cc3cc(CC=O)ccc3cc2CC[C@H]1C[C@@H](Nc1ccc[nH]1)/C(=C/C(=O)O)CN=C(N)N. The van der Waals surface area contributed by atoms with Crippen LogP contribution in [0.1, 0.15) is 87.3 Å². The monoisotopic (exact) mass is 585 g/mol. The maximum absolute atomic E-state index is 11.9. The number of aromatic amines is 1. The Morgan fingerprint density at radius 2 is 1.93 bits per heavy atom. The third-order valence-corrected chi connectivity index (χ3v) is 8.77. The number of hydrogen-bond donors (Lipinski definition) is 5. The minimum absolute atomic E-state index is 0.0664. The Balaban J connectivity index is 1.68. The molecule has 43 heavy (non-hydrogen) atoms. The van der Waals surface area contributed by atoms with Crippen LogP contribution in [0.5, 0.6) is 0 Å². The van der Waals surface area contributed by atoms with Crippen LogP contribution >= 0.6 is 0 Å². The molecule has 0 spiro atoms. The molecular weight excluding hydrogens is 538 g/mol. The number of aromatic nitrogens is 1. The van der Waals surface area contributed by atoms with Crippen molar-refractivity contribution in [2.24, 2.45) is 22.4 Å². The van der Waals surface area contributed by atoms with Crippen molar-refractivity contribution in [2.45, 2.75) is 89.5 Å². The number of rotatable bonds is 17. The van der Waals surface area contributed by atoms with Crippen molar-refractivity contribution in [2.75, 3.05) is 11.9 Å². The minimum atomic E-state index is -1.02. The molecule has 3 aromatic rings. The molecule has 1 heterocycles. The summed E-state index contributed by atoms with van der Waals surface area (Å²) in [5, 5.41) is 15.7. The average Bonchev–Trinajstić information content (AvgIpc) is 3.49. The summed E-state index contributed by atoms with van der Waals surface area (Å²) >= 11 is 0. The maximum atomic E-state index is 11.9. The van der Waals surface area contributed by atoms with Crippen LogP contribution in [-0.2, 0) is 22.4 Å². The molecule has 0 saturated carbocycles. The van der Waals surface area contributed by atoms with Gasteiger partial charge < -0.3 is 31.7 Å². The first kappa shape index (κ1) is 31.9. The van der Waals surface area contributed by atoms with Crippen molar-refractivity contribution in [1.29, 1.82) is 0 Å². The highest BCUT2D eigenvalue weighted by Crippen LogP contribution is 2.44. The molecule has 4 rings (SSSR count). The summed E-state index contributed by atoms with van der Waals surface area (Å²) in [5.74, 6) is 0.416. The van der Waals surface area contributed by atoms with E-state index in [1.807, 2.05) is 24.4 Å². The van der Waals surface area contributed by atoms with Crippen molar-refractivity contribution in [3.63, 3.8) is 0 Å². The first-order chi connectivity index (χ1) is 20.9. The number of anilines is 1. The smallest absolute Gasteiger partial charge is 0.328 e. The largest absolute Gasteiger partial charge is 0.478 e. The summed E-state index contributed by atoms with van der Waals surface area (Å²) in [5.41, 5.74) is 15.8. The van der Waals surface area contributed by atoms with Crippen LogP contribution in [0, 0.1) is 5.92 Å². The number of nitrogens with two attached hydrogens (primary N) is 2. The molecule has 0 fully saturated rings. The predicted octanol–water partition coefficient (Wildman–Crippen LogP) is 6.46. The molecule has 1 aliphatic rings. The standard InChI is InChI=1S/C35H47N5O3/c1-2-3-4-5-6-7-9-30-27(14-13-26-19-25-12-11-24(15-17-41)18-28(25)20-31(26)30)21-32(40-33-10-8-16-38-33)29(22-34(42)43)23-39-35(36)37/h8,10-12,16-20,22,27,30,32,38,40H,2-7,9,13-15,21,23H2,1H3,(H,42,43)(H4,36,37,39)/b29-22+/t27-,30-,32+/m0/s1. The van der Waals surface area contributed by atoms with E-state index in [9.17, 15) is 14.7 Å². The number of aldehydes is 1. The lowest BCUT2D eigenvalue weighted by Crippen LogP contribution is -2.32. The van der Waals surface area contributed by atoms with Crippen LogP contribution in [0.2, 0.25) is 0 Å². The van der Waals surface area contributed by atoms with E-state index in [0.29, 0.717) is 23.8 Å². The molecule has 1 aromatic heterocycles. The number of carbonyl (C=O) groups is 2. The second-order valence-corrected chi connectivity index (χ2v) is 11.9. The first-order valence-corrected chi connectivity index (χ1v) is 15.8. The van der Waals surface area contributed by atoms with Crippen LogP contribution in [-0.4, -0.2) is 40.9 Å². The molecule has 3 atom stereocenters. The maximum Gasteiger partial charge on any atom is 0.328 e. The summed E-state index contributed by atoms with van der Waals surface area (Å²) in [6, 6.07) is 14.6. The number of hydrogen-bond acceptors (Lipinski definition) is 4. The van der Waals surface area contributed by atoms with E-state index >= 15 is 0 Å². The molecular formula is C35H47N5O3. The number of H-pyrrole nitrogens is 1. The van der Waals surface area contributed by atoms with Gasteiger partial charge in [0.05, 0.1) is 12.6 Å². The second kappa shape index (κ2) is 16.0. The lowest BCUT2D eigenvalue weighted by Gasteiger charge is -2.37. The molecule has 8 nitrogen and oxygen atoms in total. The topological polar surface area (TPSA) is 147 Å². The number of nitrogens with zero attached hydrogens (tertiary/aromatic N) is 1. The molecule has 230 valence electrons. The van der Waals surface area contributed by atoms with Crippen molar-refractivity contribution < 1.29 is 14.7 Å². The van der Waals surface area contributed by atoms with Gasteiger partial charge in [-0.05, 0) is 82.7 Å². The Hall–Kier alpha value is -4.07. The van der Waals surface area contributed by atoms with Gasteiger partial charge in [-0.3, -0.25) is 0 Å². The number of unbranched alkanes of at least 4 members (excludes halogenated alkanes) is 5. The number of benzene rings is 2. The lowest BCUT2D eigenvalue weighted by atomic mass is 9.69. The Bertz CT molecular complexity index is 1410. The Kier molecular flexibility index (Phi) is 11.8. The number of carboxylic acids is 1. The van der Waals surface area contributed by atoms with Gasteiger partial charge in [0.25, 0.3) is 0 Å². The van der Waals surface area contributed by atoms with Gasteiger partial charge in [0, 0.05) is 18.7 Å². The summed E-state index contributed by atoms with van der Waals surface area (Å²) in [4.78, 5) is 30.5. The van der Waals surface area contributed by atoms with Crippen LogP contribution in [0.4, 0.5) is 5.82 Å². The zero-order chi connectivity index (χ0) is 30.6. The molecule has 0 unspecified atom stereocenters. The van der Waals surface area contributed by atoms with Gasteiger partial charge in [-0.2, -0.15) is 0 Å². The van der Waals surface area contributed by atoms with Crippen LogP contribution in [0.3, 0.4) is 0 Å². The number of carbonyl (C=O) groups excluding carboxylic acids is 1. The van der Waals surface area contributed by atoms with Crippen molar-refractivity contribution in [3.8, 4) is 0 Å². The zero-order valence-corrected chi connectivity index (χ0v) is 25.4.